The van der Waals surface area contributed by atoms with Gasteiger partial charge in [0, 0.05) is 12.1 Å². The molecule has 2 aromatic carbocycles. The number of alkyl halides is 2. The fraction of sp³-hybridized carbons (Fsp3) is 0.176. The molecule has 0 aromatic heterocycles. The summed E-state index contributed by atoms with van der Waals surface area (Å²) in [6.45, 7) is -2.43. The second kappa shape index (κ2) is 7.90. The number of nitrogens with zero attached hydrogens (tertiary/aromatic N) is 1. The van der Waals surface area contributed by atoms with Crippen LogP contribution in [0.15, 0.2) is 48.5 Å². The number of nitriles is 1. The van der Waals surface area contributed by atoms with Gasteiger partial charge < -0.3 is 10.1 Å². The standard InChI is InChI=1S/C17H14F2N2O2/c18-17(19)23-15-7-3-12(4-8-15)9-10-21-16(22)14-5-1-13(11-20)2-6-14/h1-8,17H,9-10H2,(H,21,22). The SMILES string of the molecule is N#Cc1ccc(C(=O)NCCc2ccc(OC(F)F)cc2)cc1. The molecule has 6 heteroatoms. The lowest BCUT2D eigenvalue weighted by molar-refractivity contribution is -0.0498. The Balaban J connectivity index is 1.82. The molecule has 1 N–H and O–H groups in total. The third kappa shape index (κ3) is 5.08. The number of hydrogen-bond acceptors (Lipinski definition) is 3. The molecule has 23 heavy (non-hydrogen) atoms. The van der Waals surface area contributed by atoms with Crippen molar-refractivity contribution in [2.24, 2.45) is 0 Å². The summed E-state index contributed by atoms with van der Waals surface area (Å²) in [7, 11) is 0. The first-order valence-corrected chi connectivity index (χ1v) is 6.90. The number of nitrogens with one attached hydrogen (secondary N) is 1. The zero-order valence-corrected chi connectivity index (χ0v) is 12.1. The molecule has 1 amide bonds. The molecule has 0 radical (unpaired) electrons. The monoisotopic (exact) mass is 316 g/mol. The van der Waals surface area contributed by atoms with Crippen LogP contribution >= 0.6 is 0 Å². The number of carbonyl (C=O) groups excluding carboxylic acids is 1. The maximum Gasteiger partial charge on any atom is 0.387 e. The van der Waals surface area contributed by atoms with E-state index in [-0.39, 0.29) is 11.7 Å². The van der Waals surface area contributed by atoms with Gasteiger partial charge in [0.25, 0.3) is 5.91 Å². The zero-order valence-electron chi connectivity index (χ0n) is 12.1. The van der Waals surface area contributed by atoms with Gasteiger partial charge in [-0.2, -0.15) is 14.0 Å². The van der Waals surface area contributed by atoms with Gasteiger partial charge in [-0.05, 0) is 48.4 Å². The minimum absolute atomic E-state index is 0.102. The molecule has 0 spiro atoms. The second-order valence-electron chi connectivity index (χ2n) is 4.72. The van der Waals surface area contributed by atoms with Gasteiger partial charge in [-0.3, -0.25) is 4.79 Å². The number of amides is 1. The van der Waals surface area contributed by atoms with E-state index < -0.39 is 6.61 Å². The third-order valence-electron chi connectivity index (χ3n) is 3.12. The zero-order chi connectivity index (χ0) is 16.7. The van der Waals surface area contributed by atoms with Crippen LogP contribution < -0.4 is 10.1 Å². The van der Waals surface area contributed by atoms with Crippen LogP contribution in [0.25, 0.3) is 0 Å². The lowest BCUT2D eigenvalue weighted by Crippen LogP contribution is -2.25. The van der Waals surface area contributed by atoms with Crippen molar-refractivity contribution in [3.8, 4) is 11.8 Å². The van der Waals surface area contributed by atoms with Gasteiger partial charge in [0.2, 0.25) is 0 Å². The molecule has 0 aliphatic heterocycles. The number of halogens is 2. The van der Waals surface area contributed by atoms with Gasteiger partial charge in [-0.15, -0.1) is 0 Å². The first-order chi connectivity index (χ1) is 11.1. The number of hydrogen-bond donors (Lipinski definition) is 1. The minimum Gasteiger partial charge on any atom is -0.435 e. The van der Waals surface area contributed by atoms with E-state index in [0.29, 0.717) is 24.1 Å². The predicted molar refractivity (Wildman–Crippen MR) is 80.3 cm³/mol. The first-order valence-electron chi connectivity index (χ1n) is 6.90. The van der Waals surface area contributed by atoms with E-state index in [9.17, 15) is 13.6 Å². The number of ether oxygens (including phenoxy) is 1. The van der Waals surface area contributed by atoms with Crippen molar-refractivity contribution in [3.63, 3.8) is 0 Å². The summed E-state index contributed by atoms with van der Waals surface area (Å²) in [5, 5.41) is 11.5. The fourth-order valence-electron chi connectivity index (χ4n) is 1.96. The normalized spacial score (nSPS) is 10.2. The van der Waals surface area contributed by atoms with Crippen molar-refractivity contribution in [3.05, 3.63) is 65.2 Å². The minimum atomic E-state index is -2.84. The highest BCUT2D eigenvalue weighted by Gasteiger charge is 2.06. The number of rotatable bonds is 6. The topological polar surface area (TPSA) is 62.1 Å². The van der Waals surface area contributed by atoms with E-state index in [0.717, 1.165) is 5.56 Å². The molecular formula is C17H14F2N2O2. The Morgan fingerprint density at radius 3 is 2.35 bits per heavy atom. The lowest BCUT2D eigenvalue weighted by atomic mass is 10.1. The Hall–Kier alpha value is -2.94. The van der Waals surface area contributed by atoms with Gasteiger partial charge in [0.15, 0.2) is 0 Å². The smallest absolute Gasteiger partial charge is 0.387 e. The maximum atomic E-state index is 12.0. The Kier molecular flexibility index (Phi) is 5.64. The van der Waals surface area contributed by atoms with Gasteiger partial charge in [0.1, 0.15) is 5.75 Å². The molecule has 0 aliphatic carbocycles. The van der Waals surface area contributed by atoms with Crippen LogP contribution in [0.5, 0.6) is 5.75 Å². The van der Waals surface area contributed by atoms with Crippen molar-refractivity contribution in [1.82, 2.24) is 5.32 Å². The van der Waals surface area contributed by atoms with Gasteiger partial charge in [-0.25, -0.2) is 0 Å². The van der Waals surface area contributed by atoms with Crippen molar-refractivity contribution in [1.29, 1.82) is 5.26 Å². The number of carbonyl (C=O) groups is 1. The molecule has 4 nitrogen and oxygen atoms in total. The first kappa shape index (κ1) is 16.4. The summed E-state index contributed by atoms with van der Waals surface area (Å²) in [5.74, 6) is -0.127. The van der Waals surface area contributed by atoms with Crippen LogP contribution in [0.3, 0.4) is 0 Å². The predicted octanol–water partition coefficient (Wildman–Crippen LogP) is 3.13. The Morgan fingerprint density at radius 2 is 1.78 bits per heavy atom. The third-order valence-corrected chi connectivity index (χ3v) is 3.12. The summed E-state index contributed by atoms with van der Waals surface area (Å²) in [6.07, 6.45) is 0.566. The Morgan fingerprint density at radius 1 is 1.13 bits per heavy atom. The highest BCUT2D eigenvalue weighted by atomic mass is 19.3. The van der Waals surface area contributed by atoms with Crippen LogP contribution in [0.1, 0.15) is 21.5 Å². The molecule has 2 rings (SSSR count). The van der Waals surface area contributed by atoms with E-state index in [2.05, 4.69) is 10.1 Å². The molecule has 2 aromatic rings. The summed E-state index contributed by atoms with van der Waals surface area (Å²) in [4.78, 5) is 11.9. The van der Waals surface area contributed by atoms with Crippen LogP contribution in [0.4, 0.5) is 8.78 Å². The van der Waals surface area contributed by atoms with E-state index in [4.69, 9.17) is 5.26 Å². The Bertz CT molecular complexity index is 692. The van der Waals surface area contributed by atoms with Gasteiger partial charge >= 0.3 is 6.61 Å². The largest absolute Gasteiger partial charge is 0.435 e. The molecule has 0 atom stereocenters. The van der Waals surface area contributed by atoms with Gasteiger partial charge in [0.05, 0.1) is 11.6 Å². The average molecular weight is 316 g/mol. The lowest BCUT2D eigenvalue weighted by Gasteiger charge is -2.07. The second-order valence-corrected chi connectivity index (χ2v) is 4.72. The quantitative estimate of drug-likeness (QED) is 0.890. The van der Waals surface area contributed by atoms with Crippen LogP contribution in [-0.2, 0) is 6.42 Å². The summed E-state index contributed by atoms with van der Waals surface area (Å²) >= 11 is 0. The van der Waals surface area contributed by atoms with Crippen LogP contribution in [0, 0.1) is 11.3 Å². The Labute approximate surface area is 132 Å². The van der Waals surface area contributed by atoms with Gasteiger partial charge in [-0.1, -0.05) is 12.1 Å². The van der Waals surface area contributed by atoms with Crippen molar-refractivity contribution in [2.75, 3.05) is 6.54 Å². The van der Waals surface area contributed by atoms with E-state index in [1.54, 1.807) is 36.4 Å². The number of benzene rings is 2. The molecule has 0 unspecified atom stereocenters. The summed E-state index contributed by atoms with van der Waals surface area (Å²) < 4.78 is 28.3. The average Bonchev–Trinajstić information content (AvgIpc) is 2.56. The molecule has 0 fully saturated rings. The van der Waals surface area contributed by atoms with Crippen molar-refractivity contribution < 1.29 is 18.3 Å². The fourth-order valence-corrected chi connectivity index (χ4v) is 1.96. The highest BCUT2D eigenvalue weighted by Crippen LogP contribution is 2.15. The molecule has 0 heterocycles. The summed E-state index contributed by atoms with van der Waals surface area (Å²) in [5.41, 5.74) is 1.86. The molecular weight excluding hydrogens is 302 g/mol. The van der Waals surface area contributed by atoms with Crippen LogP contribution in [-0.4, -0.2) is 19.1 Å². The van der Waals surface area contributed by atoms with E-state index in [1.807, 2.05) is 6.07 Å². The molecule has 0 saturated carbocycles. The molecule has 118 valence electrons. The maximum absolute atomic E-state index is 12.0. The molecule has 0 bridgehead atoms. The van der Waals surface area contributed by atoms with Crippen molar-refractivity contribution in [2.45, 2.75) is 13.0 Å². The molecule has 0 aliphatic rings. The van der Waals surface area contributed by atoms with Crippen LogP contribution in [0.2, 0.25) is 0 Å². The van der Waals surface area contributed by atoms with E-state index in [1.165, 1.54) is 12.1 Å². The van der Waals surface area contributed by atoms with Crippen molar-refractivity contribution >= 4 is 5.91 Å². The molecule has 0 saturated heterocycles. The highest BCUT2D eigenvalue weighted by molar-refractivity contribution is 5.94. The van der Waals surface area contributed by atoms with E-state index >= 15 is 0 Å². The summed E-state index contributed by atoms with van der Waals surface area (Å²) in [6, 6.07) is 14.6.